The molecule has 0 saturated heterocycles. The average molecular weight is 303 g/mol. The molecule has 0 radical (unpaired) electrons. The van der Waals surface area contributed by atoms with Crippen LogP contribution in [0.25, 0.3) is 0 Å². The lowest BCUT2D eigenvalue weighted by Crippen LogP contribution is -2.30. The molecule has 22 heavy (non-hydrogen) atoms. The second-order valence-corrected chi connectivity index (χ2v) is 5.23. The molecule has 1 aromatic rings. The third kappa shape index (κ3) is 2.79. The molecular weight excluding hydrogens is 285 g/mol. The minimum absolute atomic E-state index is 0.145. The number of ether oxygens (including phenoxy) is 1. The first-order chi connectivity index (χ1) is 10.4. The monoisotopic (exact) mass is 303 g/mol. The lowest BCUT2D eigenvalue weighted by Gasteiger charge is -2.30. The fraction of sp³-hybridized carbons (Fsp3) is 0.294. The number of ketones is 1. The third-order valence-electron chi connectivity index (χ3n) is 3.75. The molecule has 1 aromatic carbocycles. The van der Waals surface area contributed by atoms with Gasteiger partial charge in [-0.25, -0.2) is 9.18 Å². The number of carbonyl (C=O) groups excluding carboxylic acids is 2. The van der Waals surface area contributed by atoms with Gasteiger partial charge in [0.25, 0.3) is 0 Å². The van der Waals surface area contributed by atoms with E-state index in [9.17, 15) is 14.0 Å². The van der Waals surface area contributed by atoms with Crippen LogP contribution in [0.5, 0.6) is 0 Å². The van der Waals surface area contributed by atoms with E-state index < -0.39 is 11.9 Å². The lowest BCUT2D eigenvalue weighted by atomic mass is 9.79. The zero-order chi connectivity index (χ0) is 16.4. The molecule has 0 aromatic heterocycles. The number of hydrogen-bond donors (Lipinski definition) is 1. The maximum Gasteiger partial charge on any atom is 0.336 e. The molecule has 0 unspecified atom stereocenters. The number of dihydropyridines is 1. The van der Waals surface area contributed by atoms with Gasteiger partial charge in [-0.2, -0.15) is 0 Å². The minimum Gasteiger partial charge on any atom is -0.466 e. The van der Waals surface area contributed by atoms with Gasteiger partial charge in [0.1, 0.15) is 5.82 Å². The van der Waals surface area contributed by atoms with Crippen molar-refractivity contribution in [2.24, 2.45) is 0 Å². The number of carbonyl (C=O) groups is 2. The third-order valence-corrected chi connectivity index (χ3v) is 3.75. The summed E-state index contributed by atoms with van der Waals surface area (Å²) in [5.41, 5.74) is 2.84. The molecule has 1 atom stereocenters. The van der Waals surface area contributed by atoms with Crippen LogP contribution in [-0.4, -0.2) is 18.9 Å². The zero-order valence-electron chi connectivity index (χ0n) is 13.0. The first kappa shape index (κ1) is 15.9. The van der Waals surface area contributed by atoms with Gasteiger partial charge >= 0.3 is 5.97 Å². The topological polar surface area (TPSA) is 55.4 Å². The second kappa shape index (κ2) is 6.13. The molecule has 1 aliphatic rings. The number of nitrogens with one attached hydrogen (secondary N) is 1. The Bertz CT molecular complexity index is 686. The highest BCUT2D eigenvalue weighted by molar-refractivity contribution is 6.02. The number of methoxy groups -OCH3 is 1. The van der Waals surface area contributed by atoms with E-state index in [4.69, 9.17) is 4.74 Å². The molecule has 1 N–H and O–H groups in total. The van der Waals surface area contributed by atoms with E-state index in [1.165, 1.54) is 26.2 Å². The van der Waals surface area contributed by atoms with E-state index in [1.807, 2.05) is 0 Å². The van der Waals surface area contributed by atoms with Crippen molar-refractivity contribution in [2.45, 2.75) is 26.7 Å². The molecule has 116 valence electrons. The Balaban J connectivity index is 2.66. The molecule has 2 rings (SSSR count). The summed E-state index contributed by atoms with van der Waals surface area (Å²) in [7, 11) is 1.29. The second-order valence-electron chi connectivity index (χ2n) is 5.23. The SMILES string of the molecule is COC(=O)C1=C(C)NC(C)=C(C(C)=O)[C@H]1c1ccc(F)cc1. The Morgan fingerprint density at radius 2 is 1.64 bits per heavy atom. The smallest absolute Gasteiger partial charge is 0.336 e. The van der Waals surface area contributed by atoms with Gasteiger partial charge < -0.3 is 10.1 Å². The van der Waals surface area contributed by atoms with Gasteiger partial charge in [0, 0.05) is 22.9 Å². The Morgan fingerprint density at radius 3 is 2.14 bits per heavy atom. The van der Waals surface area contributed by atoms with Crippen LogP contribution >= 0.6 is 0 Å². The average Bonchev–Trinajstić information content (AvgIpc) is 2.46. The molecule has 0 saturated carbocycles. The van der Waals surface area contributed by atoms with E-state index in [-0.39, 0.29) is 11.6 Å². The summed E-state index contributed by atoms with van der Waals surface area (Å²) < 4.78 is 18.0. The first-order valence-electron chi connectivity index (χ1n) is 6.90. The number of halogens is 1. The van der Waals surface area contributed by atoms with Crippen LogP contribution in [0.3, 0.4) is 0 Å². The van der Waals surface area contributed by atoms with Crippen LogP contribution in [0.15, 0.2) is 46.8 Å². The molecular formula is C17H18FNO3. The van der Waals surface area contributed by atoms with E-state index in [2.05, 4.69) is 5.32 Å². The van der Waals surface area contributed by atoms with Crippen LogP contribution in [0.4, 0.5) is 4.39 Å². The van der Waals surface area contributed by atoms with Crippen molar-refractivity contribution in [3.8, 4) is 0 Å². The van der Waals surface area contributed by atoms with Crippen molar-refractivity contribution in [3.63, 3.8) is 0 Å². The van der Waals surface area contributed by atoms with Crippen LogP contribution < -0.4 is 5.32 Å². The summed E-state index contributed by atoms with van der Waals surface area (Å²) in [6.07, 6.45) is 0. The Hall–Kier alpha value is -2.43. The van der Waals surface area contributed by atoms with Crippen molar-refractivity contribution in [1.29, 1.82) is 0 Å². The maximum absolute atomic E-state index is 13.2. The highest BCUT2D eigenvalue weighted by Gasteiger charge is 2.35. The molecule has 1 heterocycles. The zero-order valence-corrected chi connectivity index (χ0v) is 13.0. The lowest BCUT2D eigenvalue weighted by molar-refractivity contribution is -0.136. The fourth-order valence-corrected chi connectivity index (χ4v) is 2.83. The van der Waals surface area contributed by atoms with Crippen LogP contribution in [0.2, 0.25) is 0 Å². The Labute approximate surface area is 128 Å². The summed E-state index contributed by atoms with van der Waals surface area (Å²) in [5, 5.41) is 3.05. The minimum atomic E-state index is -0.563. The summed E-state index contributed by atoms with van der Waals surface area (Å²) in [4.78, 5) is 24.3. The van der Waals surface area contributed by atoms with Crippen LogP contribution in [-0.2, 0) is 14.3 Å². The predicted molar refractivity (Wildman–Crippen MR) is 80.4 cm³/mol. The predicted octanol–water partition coefficient (Wildman–Crippen LogP) is 2.82. The Morgan fingerprint density at radius 1 is 1.09 bits per heavy atom. The summed E-state index contributed by atoms with van der Waals surface area (Å²) in [5.74, 6) is -1.59. The highest BCUT2D eigenvalue weighted by Crippen LogP contribution is 2.38. The number of Topliss-reactive ketones (excluding diaryl/α,β-unsaturated/α-hetero) is 1. The number of allylic oxidation sites excluding steroid dienone is 3. The van der Waals surface area contributed by atoms with E-state index in [0.29, 0.717) is 28.1 Å². The maximum atomic E-state index is 13.2. The molecule has 0 amide bonds. The van der Waals surface area contributed by atoms with Crippen molar-refractivity contribution < 1.29 is 18.7 Å². The first-order valence-corrected chi connectivity index (χ1v) is 6.90. The number of hydrogen-bond acceptors (Lipinski definition) is 4. The van der Waals surface area contributed by atoms with Gasteiger partial charge in [0.05, 0.1) is 12.7 Å². The summed E-state index contributed by atoms with van der Waals surface area (Å²) >= 11 is 0. The molecule has 0 spiro atoms. The molecule has 0 aliphatic carbocycles. The van der Waals surface area contributed by atoms with Crippen LogP contribution in [0.1, 0.15) is 32.3 Å². The standard InChI is InChI=1S/C17H18FNO3/c1-9-14(11(3)20)16(12-5-7-13(18)8-6-12)15(10(2)19-9)17(21)22-4/h5-8,16,19H,1-4H3/t16-/m1/s1. The highest BCUT2D eigenvalue weighted by atomic mass is 19.1. The molecule has 4 nitrogen and oxygen atoms in total. The van der Waals surface area contributed by atoms with Gasteiger partial charge in [-0.1, -0.05) is 12.1 Å². The van der Waals surface area contributed by atoms with E-state index >= 15 is 0 Å². The largest absolute Gasteiger partial charge is 0.466 e. The fourth-order valence-electron chi connectivity index (χ4n) is 2.83. The number of rotatable bonds is 3. The van der Waals surface area contributed by atoms with Gasteiger partial charge in [-0.15, -0.1) is 0 Å². The molecule has 0 bridgehead atoms. The van der Waals surface area contributed by atoms with Gasteiger partial charge in [-0.05, 0) is 38.5 Å². The quantitative estimate of drug-likeness (QED) is 0.872. The normalized spacial score (nSPS) is 18.1. The molecule has 0 fully saturated rings. The Kier molecular flexibility index (Phi) is 4.45. The van der Waals surface area contributed by atoms with Gasteiger partial charge in [0.2, 0.25) is 0 Å². The molecule has 5 heteroatoms. The van der Waals surface area contributed by atoms with Crippen LogP contribution in [0, 0.1) is 5.82 Å². The molecule has 1 aliphatic heterocycles. The van der Waals surface area contributed by atoms with Crippen molar-refractivity contribution in [3.05, 3.63) is 58.2 Å². The van der Waals surface area contributed by atoms with E-state index in [0.717, 1.165) is 0 Å². The van der Waals surface area contributed by atoms with Gasteiger partial charge in [0.15, 0.2) is 5.78 Å². The van der Waals surface area contributed by atoms with Gasteiger partial charge in [-0.3, -0.25) is 4.79 Å². The summed E-state index contributed by atoms with van der Waals surface area (Å²) in [6.45, 7) is 4.99. The number of benzene rings is 1. The van der Waals surface area contributed by atoms with Crippen molar-refractivity contribution >= 4 is 11.8 Å². The number of esters is 1. The van der Waals surface area contributed by atoms with E-state index in [1.54, 1.807) is 26.0 Å². The summed E-state index contributed by atoms with van der Waals surface area (Å²) in [6, 6.07) is 5.79. The van der Waals surface area contributed by atoms with Crippen molar-refractivity contribution in [1.82, 2.24) is 5.32 Å². The van der Waals surface area contributed by atoms with Crippen molar-refractivity contribution in [2.75, 3.05) is 7.11 Å².